The van der Waals surface area contributed by atoms with Gasteiger partial charge in [0.2, 0.25) is 5.91 Å². The quantitative estimate of drug-likeness (QED) is 0.842. The number of ether oxygens (including phenoxy) is 1. The van der Waals surface area contributed by atoms with Crippen LogP contribution in [0.4, 0.5) is 14.5 Å². The minimum absolute atomic E-state index is 0.0326. The number of nitrogens with one attached hydrogen (secondary N) is 2. The van der Waals surface area contributed by atoms with E-state index in [2.05, 4.69) is 20.3 Å². The zero-order chi connectivity index (χ0) is 16.8. The van der Waals surface area contributed by atoms with Crippen LogP contribution in [0.1, 0.15) is 19.8 Å². The first kappa shape index (κ1) is 17.6. The van der Waals surface area contributed by atoms with Crippen LogP contribution in [0.3, 0.4) is 0 Å². The molecule has 0 saturated carbocycles. The fourth-order valence-electron chi connectivity index (χ4n) is 2.77. The molecule has 1 saturated heterocycles. The molecule has 0 aromatic heterocycles. The number of carbonyl (C=O) groups is 1. The molecule has 2 unspecified atom stereocenters. The number of alkyl halides is 2. The summed E-state index contributed by atoms with van der Waals surface area (Å²) in [5.41, 5.74) is 0.256. The maximum atomic E-state index is 12.4. The Bertz CT molecular complexity index is 528. The number of rotatable bonds is 6. The van der Waals surface area contributed by atoms with Crippen molar-refractivity contribution in [2.45, 2.75) is 38.5 Å². The number of amides is 1. The first-order valence-electron chi connectivity index (χ1n) is 7.77. The van der Waals surface area contributed by atoms with Crippen LogP contribution in [-0.2, 0) is 4.79 Å². The van der Waals surface area contributed by atoms with Crippen LogP contribution in [0.5, 0.6) is 5.75 Å². The maximum Gasteiger partial charge on any atom is 0.387 e. The number of likely N-dealkylation sites (tertiary alicyclic amines) is 1. The summed E-state index contributed by atoms with van der Waals surface area (Å²) in [6.45, 7) is 0.538. The third kappa shape index (κ3) is 4.87. The average Bonchev–Trinajstić information content (AvgIpc) is 2.55. The minimum Gasteiger partial charge on any atom is -0.433 e. The zero-order valence-corrected chi connectivity index (χ0v) is 13.4. The summed E-state index contributed by atoms with van der Waals surface area (Å²) < 4.78 is 29.3. The minimum atomic E-state index is -2.93. The van der Waals surface area contributed by atoms with Crippen LogP contribution < -0.4 is 15.4 Å². The summed E-state index contributed by atoms with van der Waals surface area (Å²) in [5, 5.41) is 5.92. The predicted octanol–water partition coefficient (Wildman–Crippen LogP) is 2.30. The summed E-state index contributed by atoms with van der Waals surface area (Å²) >= 11 is 0. The summed E-state index contributed by atoms with van der Waals surface area (Å²) in [6.07, 6.45) is 2.11. The molecule has 23 heavy (non-hydrogen) atoms. The average molecular weight is 327 g/mol. The highest BCUT2D eigenvalue weighted by molar-refractivity contribution is 5.95. The monoisotopic (exact) mass is 327 g/mol. The van der Waals surface area contributed by atoms with Crippen molar-refractivity contribution < 1.29 is 18.3 Å². The molecule has 1 aromatic rings. The van der Waals surface area contributed by atoms with E-state index in [-0.39, 0.29) is 23.4 Å². The van der Waals surface area contributed by atoms with Gasteiger partial charge in [-0.2, -0.15) is 8.78 Å². The molecular formula is C16H23F2N3O2. The molecule has 1 aliphatic heterocycles. The largest absolute Gasteiger partial charge is 0.433 e. The smallest absolute Gasteiger partial charge is 0.387 e. The van der Waals surface area contributed by atoms with Gasteiger partial charge in [-0.15, -0.1) is 0 Å². The van der Waals surface area contributed by atoms with Crippen molar-refractivity contribution in [3.63, 3.8) is 0 Å². The van der Waals surface area contributed by atoms with Gasteiger partial charge in [0, 0.05) is 12.6 Å². The van der Waals surface area contributed by atoms with Crippen LogP contribution in [0.15, 0.2) is 24.3 Å². The Hall–Kier alpha value is -1.73. The molecular weight excluding hydrogens is 304 g/mol. The lowest BCUT2D eigenvalue weighted by Crippen LogP contribution is -2.51. The number of nitrogens with zero attached hydrogens (tertiary/aromatic N) is 1. The lowest BCUT2D eigenvalue weighted by Gasteiger charge is -2.36. The first-order chi connectivity index (χ1) is 11.0. The topological polar surface area (TPSA) is 53.6 Å². The molecule has 0 spiro atoms. The summed E-state index contributed by atoms with van der Waals surface area (Å²) in [5.74, 6) is -0.262. The van der Waals surface area contributed by atoms with Gasteiger partial charge in [0.25, 0.3) is 0 Å². The van der Waals surface area contributed by atoms with Crippen molar-refractivity contribution in [3.8, 4) is 5.75 Å². The second-order valence-corrected chi connectivity index (χ2v) is 5.66. The predicted molar refractivity (Wildman–Crippen MR) is 84.8 cm³/mol. The van der Waals surface area contributed by atoms with Gasteiger partial charge in [0.15, 0.2) is 0 Å². The van der Waals surface area contributed by atoms with E-state index >= 15 is 0 Å². The highest BCUT2D eigenvalue weighted by Gasteiger charge is 2.27. The molecule has 7 heteroatoms. The van der Waals surface area contributed by atoms with Crippen LogP contribution in [0, 0.1) is 0 Å². The molecule has 1 amide bonds. The molecule has 5 nitrogen and oxygen atoms in total. The summed E-state index contributed by atoms with van der Waals surface area (Å²) in [7, 11) is 1.91. The Kier molecular flexibility index (Phi) is 6.29. The number of likely N-dealkylation sites (N-methyl/N-ethyl adjacent to an activating group) is 1. The molecule has 0 bridgehead atoms. The third-order valence-electron chi connectivity index (χ3n) is 4.15. The summed E-state index contributed by atoms with van der Waals surface area (Å²) in [6, 6.07) is 6.23. The molecule has 0 radical (unpaired) electrons. The number of hydrogen-bond acceptors (Lipinski definition) is 4. The lowest BCUT2D eigenvalue weighted by molar-refractivity contribution is -0.121. The summed E-state index contributed by atoms with van der Waals surface area (Å²) in [4.78, 5) is 14.5. The second-order valence-electron chi connectivity index (χ2n) is 5.66. The molecule has 1 heterocycles. The van der Waals surface area contributed by atoms with E-state index < -0.39 is 6.61 Å². The Morgan fingerprint density at radius 1 is 1.39 bits per heavy atom. The van der Waals surface area contributed by atoms with Crippen LogP contribution in [0.2, 0.25) is 0 Å². The molecule has 2 atom stereocenters. The van der Waals surface area contributed by atoms with Gasteiger partial charge >= 0.3 is 6.61 Å². The van der Waals surface area contributed by atoms with E-state index in [1.165, 1.54) is 6.07 Å². The van der Waals surface area contributed by atoms with Crippen molar-refractivity contribution in [2.75, 3.05) is 25.5 Å². The molecule has 1 aromatic carbocycles. The van der Waals surface area contributed by atoms with Crippen LogP contribution in [0.25, 0.3) is 0 Å². The van der Waals surface area contributed by atoms with Crippen LogP contribution >= 0.6 is 0 Å². The van der Waals surface area contributed by atoms with Gasteiger partial charge in [-0.05, 0) is 45.5 Å². The van der Waals surface area contributed by atoms with Gasteiger partial charge in [-0.25, -0.2) is 0 Å². The number of piperidine rings is 1. The van der Waals surface area contributed by atoms with Gasteiger partial charge < -0.3 is 15.4 Å². The molecule has 2 rings (SSSR count). The molecule has 0 aliphatic carbocycles. The lowest BCUT2D eigenvalue weighted by atomic mass is 10.0. The fourth-order valence-corrected chi connectivity index (χ4v) is 2.77. The Morgan fingerprint density at radius 2 is 2.13 bits per heavy atom. The zero-order valence-electron chi connectivity index (χ0n) is 13.4. The molecule has 1 aliphatic rings. The molecule has 2 N–H and O–H groups in total. The van der Waals surface area contributed by atoms with Crippen molar-refractivity contribution in [2.24, 2.45) is 0 Å². The number of para-hydroxylation sites is 2. The van der Waals surface area contributed by atoms with Gasteiger partial charge in [-0.3, -0.25) is 9.69 Å². The third-order valence-corrected chi connectivity index (χ3v) is 4.15. The standard InChI is InChI=1S/C16H23F2N3O2/c1-11(21-9-5-6-12(10-21)19-2)15(22)20-13-7-3-4-8-14(13)23-16(17)18/h3-4,7-8,11-12,16,19H,5-6,9-10H2,1-2H3,(H,20,22). The maximum absolute atomic E-state index is 12.4. The number of anilines is 1. The van der Waals surface area contributed by atoms with Crippen LogP contribution in [-0.4, -0.2) is 49.6 Å². The number of hydrogen-bond donors (Lipinski definition) is 2. The van der Waals surface area contributed by atoms with Gasteiger partial charge in [0.1, 0.15) is 5.75 Å². The van der Waals surface area contributed by atoms with E-state index in [0.29, 0.717) is 6.04 Å². The van der Waals surface area contributed by atoms with Crippen molar-refractivity contribution in [1.82, 2.24) is 10.2 Å². The van der Waals surface area contributed by atoms with E-state index in [9.17, 15) is 13.6 Å². The van der Waals surface area contributed by atoms with Crippen molar-refractivity contribution >= 4 is 11.6 Å². The van der Waals surface area contributed by atoms with E-state index in [0.717, 1.165) is 25.9 Å². The van der Waals surface area contributed by atoms with Crippen molar-refractivity contribution in [3.05, 3.63) is 24.3 Å². The Morgan fingerprint density at radius 3 is 2.83 bits per heavy atom. The number of halogens is 2. The van der Waals surface area contributed by atoms with E-state index in [1.54, 1.807) is 18.2 Å². The van der Waals surface area contributed by atoms with Gasteiger partial charge in [0.05, 0.1) is 11.7 Å². The molecule has 128 valence electrons. The van der Waals surface area contributed by atoms with E-state index in [4.69, 9.17) is 0 Å². The Labute approximate surface area is 135 Å². The van der Waals surface area contributed by atoms with E-state index in [1.807, 2.05) is 14.0 Å². The number of benzene rings is 1. The van der Waals surface area contributed by atoms with Gasteiger partial charge in [-0.1, -0.05) is 12.1 Å². The normalized spacial score (nSPS) is 20.3. The number of carbonyl (C=O) groups excluding carboxylic acids is 1. The fraction of sp³-hybridized carbons (Fsp3) is 0.562. The highest BCUT2D eigenvalue weighted by atomic mass is 19.3. The SMILES string of the molecule is CNC1CCCN(C(C)C(=O)Nc2ccccc2OC(F)F)C1. The highest BCUT2D eigenvalue weighted by Crippen LogP contribution is 2.26. The molecule has 1 fully saturated rings. The second kappa shape index (κ2) is 8.21. The Balaban J connectivity index is 2.01. The first-order valence-corrected chi connectivity index (χ1v) is 7.77. The van der Waals surface area contributed by atoms with Crippen molar-refractivity contribution in [1.29, 1.82) is 0 Å².